The molecule has 2 aliphatic heterocycles. The molecule has 2 fully saturated rings. The number of carbonyl (C=O) groups excluding carboxylic acids is 2. The zero-order valence-electron chi connectivity index (χ0n) is 28.4. The van der Waals surface area contributed by atoms with Crippen molar-refractivity contribution in [3.8, 4) is 6.07 Å². The first-order valence-corrected chi connectivity index (χ1v) is 17.1. The monoisotopic (exact) mass is 714 g/mol. The average molecular weight is 715 g/mol. The Balaban J connectivity index is 1.30. The number of nitriles is 1. The molecule has 1 aromatic heterocycles. The summed E-state index contributed by atoms with van der Waals surface area (Å²) >= 11 is 0. The third-order valence-corrected chi connectivity index (χ3v) is 9.20. The van der Waals surface area contributed by atoms with Crippen LogP contribution in [0.25, 0.3) is 0 Å². The maximum atomic E-state index is 14.0. The van der Waals surface area contributed by atoms with Gasteiger partial charge in [0.05, 0.1) is 17.6 Å². The molecule has 2 aromatic rings. The number of hydrogen-bond acceptors (Lipinski definition) is 9. The molecule has 2 aliphatic rings. The summed E-state index contributed by atoms with van der Waals surface area (Å²) in [5.41, 5.74) is 12.0. The number of carboxylic acids is 1. The maximum Gasteiger partial charge on any atom is 0.451 e. The molecule has 0 aliphatic carbocycles. The number of halogens is 3. The van der Waals surface area contributed by atoms with Crippen LogP contribution in [-0.2, 0) is 27.0 Å². The van der Waals surface area contributed by atoms with Crippen molar-refractivity contribution in [3.63, 3.8) is 0 Å². The molecule has 14 nitrogen and oxygen atoms in total. The van der Waals surface area contributed by atoms with Crippen molar-refractivity contribution in [2.24, 2.45) is 28.3 Å². The van der Waals surface area contributed by atoms with Crippen LogP contribution in [0.1, 0.15) is 68.3 Å². The van der Waals surface area contributed by atoms with Gasteiger partial charge in [-0.1, -0.05) is 12.1 Å². The number of amides is 2. The molecule has 0 unspecified atom stereocenters. The number of guanidine groups is 1. The number of alkyl halides is 3. The summed E-state index contributed by atoms with van der Waals surface area (Å²) in [6.07, 6.45) is -0.678. The molecule has 0 saturated carbocycles. The van der Waals surface area contributed by atoms with Gasteiger partial charge in [0.2, 0.25) is 17.6 Å². The molecule has 2 saturated heterocycles. The van der Waals surface area contributed by atoms with E-state index in [4.69, 9.17) is 16.7 Å². The Bertz CT molecular complexity index is 1570. The number of carboxylic acid groups (broad SMARTS) is 1. The summed E-state index contributed by atoms with van der Waals surface area (Å²) < 4.78 is 42.0. The highest BCUT2D eigenvalue weighted by molar-refractivity contribution is 5.85. The van der Waals surface area contributed by atoms with Crippen LogP contribution in [0.3, 0.4) is 0 Å². The molecular formula is C34H45F3N10O4. The molecule has 51 heavy (non-hydrogen) atoms. The number of carbonyl (C=O) groups is 3. The molecule has 1 aromatic carbocycles. The van der Waals surface area contributed by atoms with E-state index in [1.54, 1.807) is 21.9 Å². The number of nitrogens with zero attached hydrogens (tertiary/aromatic N) is 6. The first kappa shape index (κ1) is 38.7. The molecule has 2 atom stereocenters. The smallest absolute Gasteiger partial charge is 0.451 e. The van der Waals surface area contributed by atoms with Crippen molar-refractivity contribution >= 4 is 35.4 Å². The summed E-state index contributed by atoms with van der Waals surface area (Å²) in [6.45, 7) is 2.23. The van der Waals surface area contributed by atoms with E-state index in [-0.39, 0.29) is 54.7 Å². The SMILES string of the molecule is N#Cc1ccc(CCNC(=O)[C@@H]2CCCN2c2cc(N3CCC(CCNC(=O)C[C@@H](CCCN=C(N)N)C(=O)O)CC3)nc(C(F)(F)F)n2)cc1. The van der Waals surface area contributed by atoms with Crippen molar-refractivity contribution in [1.29, 1.82) is 5.26 Å². The van der Waals surface area contributed by atoms with E-state index in [1.165, 1.54) is 6.07 Å². The Morgan fingerprint density at radius 2 is 1.75 bits per heavy atom. The lowest BCUT2D eigenvalue weighted by atomic mass is 9.93. The van der Waals surface area contributed by atoms with Crippen LogP contribution in [0.5, 0.6) is 0 Å². The lowest BCUT2D eigenvalue weighted by molar-refractivity contribution is -0.145. The van der Waals surface area contributed by atoms with Crippen LogP contribution in [0.2, 0.25) is 0 Å². The highest BCUT2D eigenvalue weighted by Crippen LogP contribution is 2.34. The van der Waals surface area contributed by atoms with Gasteiger partial charge in [-0.15, -0.1) is 0 Å². The zero-order chi connectivity index (χ0) is 37.0. The quantitative estimate of drug-likeness (QED) is 0.0968. The van der Waals surface area contributed by atoms with Gasteiger partial charge in [-0.3, -0.25) is 19.4 Å². The van der Waals surface area contributed by atoms with Crippen molar-refractivity contribution in [3.05, 3.63) is 47.3 Å². The van der Waals surface area contributed by atoms with E-state index < -0.39 is 29.9 Å². The lowest BCUT2D eigenvalue weighted by Crippen LogP contribution is -2.44. The van der Waals surface area contributed by atoms with Gasteiger partial charge in [-0.2, -0.15) is 18.4 Å². The van der Waals surface area contributed by atoms with Crippen molar-refractivity contribution < 1.29 is 32.7 Å². The molecule has 0 radical (unpaired) electrons. The Morgan fingerprint density at radius 3 is 2.39 bits per heavy atom. The molecule has 2 amide bonds. The predicted molar refractivity (Wildman–Crippen MR) is 183 cm³/mol. The van der Waals surface area contributed by atoms with Gasteiger partial charge in [0, 0.05) is 51.8 Å². The first-order valence-electron chi connectivity index (χ1n) is 17.1. The van der Waals surface area contributed by atoms with E-state index in [0.29, 0.717) is 83.2 Å². The second kappa shape index (κ2) is 18.2. The summed E-state index contributed by atoms with van der Waals surface area (Å²) in [5, 5.41) is 24.1. The van der Waals surface area contributed by atoms with E-state index >= 15 is 0 Å². The van der Waals surface area contributed by atoms with Crippen molar-refractivity contribution in [2.75, 3.05) is 49.1 Å². The van der Waals surface area contributed by atoms with Gasteiger partial charge < -0.3 is 37.0 Å². The Hall–Kier alpha value is -5.14. The normalized spacial score (nSPS) is 17.0. The number of piperidine rings is 1. The highest BCUT2D eigenvalue weighted by Gasteiger charge is 2.39. The number of aromatic nitrogens is 2. The minimum atomic E-state index is -4.79. The number of nitrogens with one attached hydrogen (secondary N) is 2. The topological polar surface area (TPSA) is 216 Å². The molecule has 3 heterocycles. The summed E-state index contributed by atoms with van der Waals surface area (Å²) in [4.78, 5) is 52.1. The third-order valence-electron chi connectivity index (χ3n) is 9.20. The molecule has 7 N–H and O–H groups in total. The van der Waals surface area contributed by atoms with Gasteiger partial charge >= 0.3 is 12.1 Å². The van der Waals surface area contributed by atoms with Crippen LogP contribution < -0.4 is 31.9 Å². The average Bonchev–Trinajstić information content (AvgIpc) is 3.60. The number of anilines is 2. The number of aliphatic imine (C=N–C) groups is 1. The third kappa shape index (κ3) is 11.7. The molecule has 276 valence electrons. The van der Waals surface area contributed by atoms with Crippen LogP contribution >= 0.6 is 0 Å². The van der Waals surface area contributed by atoms with Gasteiger partial charge in [0.1, 0.15) is 17.7 Å². The number of benzene rings is 1. The standard InChI is InChI=1S/C34H45F3N10O4/c35-34(36,37)32-44-27(20-28(45-32)47-16-2-4-26(47)30(49)42-15-10-22-5-7-24(21-38)8-6-22)46-17-11-23(12-18-46)9-14-41-29(48)19-25(31(50)51)3-1-13-43-33(39)40/h5-8,20,23,25-26H,1-4,9-19H2,(H,41,48)(H,42,49)(H,50,51)(H4,39,40,43)/t25-,26+/m1/s1. The summed E-state index contributed by atoms with van der Waals surface area (Å²) in [6, 6.07) is 9.94. The summed E-state index contributed by atoms with van der Waals surface area (Å²) in [5.74, 6) is -3.51. The van der Waals surface area contributed by atoms with E-state index in [1.807, 2.05) is 12.1 Å². The minimum Gasteiger partial charge on any atom is -0.481 e. The highest BCUT2D eigenvalue weighted by atomic mass is 19.4. The predicted octanol–water partition coefficient (Wildman–Crippen LogP) is 2.56. The van der Waals surface area contributed by atoms with Gasteiger partial charge in [-0.05, 0) is 75.0 Å². The Morgan fingerprint density at radius 1 is 1.04 bits per heavy atom. The van der Waals surface area contributed by atoms with Crippen LogP contribution in [0.4, 0.5) is 24.8 Å². The van der Waals surface area contributed by atoms with Gasteiger partial charge in [-0.25, -0.2) is 9.97 Å². The van der Waals surface area contributed by atoms with Gasteiger partial charge in [0.25, 0.3) is 0 Å². The van der Waals surface area contributed by atoms with Crippen LogP contribution in [-0.4, -0.2) is 84.1 Å². The van der Waals surface area contributed by atoms with Crippen LogP contribution in [0, 0.1) is 23.2 Å². The fourth-order valence-electron chi connectivity index (χ4n) is 6.39. The lowest BCUT2D eigenvalue weighted by Gasteiger charge is -2.34. The van der Waals surface area contributed by atoms with E-state index in [0.717, 1.165) is 5.56 Å². The maximum absolute atomic E-state index is 14.0. The number of hydrogen-bond donors (Lipinski definition) is 5. The summed E-state index contributed by atoms with van der Waals surface area (Å²) in [7, 11) is 0. The number of rotatable bonds is 16. The Labute approximate surface area is 294 Å². The largest absolute Gasteiger partial charge is 0.481 e. The van der Waals surface area contributed by atoms with E-state index in [2.05, 4.69) is 31.7 Å². The minimum absolute atomic E-state index is 0.0535. The Kier molecular flexibility index (Phi) is 13.8. The second-order valence-electron chi connectivity index (χ2n) is 12.9. The zero-order valence-corrected chi connectivity index (χ0v) is 28.4. The molecule has 17 heteroatoms. The molecule has 0 bridgehead atoms. The first-order chi connectivity index (χ1) is 24.3. The number of nitrogens with two attached hydrogens (primary N) is 2. The van der Waals surface area contributed by atoms with Gasteiger partial charge in [0.15, 0.2) is 5.96 Å². The van der Waals surface area contributed by atoms with E-state index in [9.17, 15) is 32.7 Å². The molecule has 4 rings (SSSR count). The number of aliphatic carboxylic acids is 1. The van der Waals surface area contributed by atoms with Crippen LogP contribution in [0.15, 0.2) is 35.3 Å². The second-order valence-corrected chi connectivity index (χ2v) is 12.9. The van der Waals surface area contributed by atoms with Crippen molar-refractivity contribution in [2.45, 2.75) is 70.0 Å². The van der Waals surface area contributed by atoms with Crippen molar-refractivity contribution in [1.82, 2.24) is 20.6 Å². The fourth-order valence-corrected chi connectivity index (χ4v) is 6.39. The molecular weight excluding hydrogens is 669 g/mol. The molecule has 0 spiro atoms. The fraction of sp³-hybridized carbons (Fsp3) is 0.559.